The summed E-state index contributed by atoms with van der Waals surface area (Å²) in [5, 5.41) is 6.88. The Morgan fingerprint density at radius 3 is 2.88 bits per heavy atom. The average molecular weight is 231 g/mol. The minimum Gasteiger partial charge on any atom is -0.278 e. The number of hydrogen-bond acceptors (Lipinski definition) is 1. The summed E-state index contributed by atoms with van der Waals surface area (Å²) < 4.78 is 0. The fourth-order valence-electron chi connectivity index (χ4n) is 1.44. The second kappa shape index (κ2) is 5.39. The number of halogens is 1. The summed E-state index contributed by atoms with van der Waals surface area (Å²) in [7, 11) is 0. The van der Waals surface area contributed by atoms with Gasteiger partial charge in [-0.3, -0.25) is 5.10 Å². The highest BCUT2D eigenvalue weighted by molar-refractivity contribution is 6.18. The third-order valence-electron chi connectivity index (χ3n) is 2.16. The minimum absolute atomic E-state index is 0.569. The molecule has 1 aromatic carbocycles. The molecule has 0 aliphatic carbocycles. The first-order valence-corrected chi connectivity index (χ1v) is 5.59. The summed E-state index contributed by atoms with van der Waals surface area (Å²) in [5.74, 6) is 6.73. The number of rotatable bonds is 2. The largest absolute Gasteiger partial charge is 0.278 e. The van der Waals surface area contributed by atoms with E-state index in [9.17, 15) is 0 Å². The molecule has 2 rings (SSSR count). The summed E-state index contributed by atoms with van der Waals surface area (Å²) in [6.45, 7) is 0. The van der Waals surface area contributed by atoms with Crippen LogP contribution in [0.2, 0.25) is 0 Å². The van der Waals surface area contributed by atoms with E-state index in [-0.39, 0.29) is 0 Å². The summed E-state index contributed by atoms with van der Waals surface area (Å²) in [6, 6.07) is 9.92. The van der Waals surface area contributed by atoms with Crippen molar-refractivity contribution in [3.63, 3.8) is 0 Å². The minimum atomic E-state index is 0.569. The molecular weight excluding hydrogens is 220 g/mol. The molecule has 2 nitrogen and oxygen atoms in total. The number of aromatic amines is 1. The SMILES string of the molecule is ClCCC#Cc1ccccc1-c1ccn[nH]1. The zero-order chi connectivity index (χ0) is 11.2. The van der Waals surface area contributed by atoms with Crippen molar-refractivity contribution >= 4 is 11.6 Å². The number of nitrogens with one attached hydrogen (secondary N) is 1. The fourth-order valence-corrected chi connectivity index (χ4v) is 1.53. The molecule has 0 aliphatic heterocycles. The number of alkyl halides is 1. The van der Waals surface area contributed by atoms with Crippen molar-refractivity contribution in [2.45, 2.75) is 6.42 Å². The van der Waals surface area contributed by atoms with Crippen molar-refractivity contribution in [2.75, 3.05) is 5.88 Å². The molecule has 0 aliphatic rings. The first kappa shape index (κ1) is 10.8. The van der Waals surface area contributed by atoms with E-state index in [1.165, 1.54) is 0 Å². The molecule has 0 spiro atoms. The smallest absolute Gasteiger partial charge is 0.0662 e. The van der Waals surface area contributed by atoms with Gasteiger partial charge in [0.1, 0.15) is 0 Å². The van der Waals surface area contributed by atoms with Gasteiger partial charge in [0.05, 0.1) is 5.69 Å². The Morgan fingerprint density at radius 1 is 1.25 bits per heavy atom. The molecular formula is C13H11ClN2. The number of hydrogen-bond donors (Lipinski definition) is 1. The molecule has 0 bridgehead atoms. The van der Waals surface area contributed by atoms with Gasteiger partial charge in [-0.25, -0.2) is 0 Å². The van der Waals surface area contributed by atoms with Crippen molar-refractivity contribution in [3.05, 3.63) is 42.1 Å². The second-order valence-corrected chi connectivity index (χ2v) is 3.63. The molecule has 1 aromatic heterocycles. The van der Waals surface area contributed by atoms with Crippen LogP contribution in [0.3, 0.4) is 0 Å². The summed E-state index contributed by atoms with van der Waals surface area (Å²) in [6.07, 6.45) is 2.44. The average Bonchev–Trinajstić information content (AvgIpc) is 2.83. The van der Waals surface area contributed by atoms with Gasteiger partial charge in [0.15, 0.2) is 0 Å². The lowest BCUT2D eigenvalue weighted by Crippen LogP contribution is -1.84. The highest BCUT2D eigenvalue weighted by atomic mass is 35.5. The molecule has 0 saturated heterocycles. The highest BCUT2D eigenvalue weighted by Crippen LogP contribution is 2.20. The van der Waals surface area contributed by atoms with Crippen molar-refractivity contribution in [1.82, 2.24) is 10.2 Å². The molecule has 16 heavy (non-hydrogen) atoms. The predicted molar refractivity (Wildman–Crippen MR) is 66.2 cm³/mol. The lowest BCUT2D eigenvalue weighted by Gasteiger charge is -2.00. The van der Waals surface area contributed by atoms with E-state index in [0.29, 0.717) is 12.3 Å². The molecule has 1 N–H and O–H groups in total. The molecule has 0 amide bonds. The molecule has 1 heterocycles. The third kappa shape index (κ3) is 2.44. The Morgan fingerprint density at radius 2 is 2.12 bits per heavy atom. The number of aromatic nitrogens is 2. The van der Waals surface area contributed by atoms with Gasteiger partial charge >= 0.3 is 0 Å². The van der Waals surface area contributed by atoms with Crippen LogP contribution >= 0.6 is 11.6 Å². The van der Waals surface area contributed by atoms with Gasteiger partial charge in [-0.05, 0) is 12.1 Å². The van der Waals surface area contributed by atoms with Gasteiger partial charge in [-0.1, -0.05) is 30.0 Å². The van der Waals surface area contributed by atoms with Gasteiger partial charge in [-0.2, -0.15) is 5.10 Å². The first-order chi connectivity index (χ1) is 7.92. The molecule has 0 atom stereocenters. The first-order valence-electron chi connectivity index (χ1n) is 5.05. The maximum Gasteiger partial charge on any atom is 0.0662 e. The maximum atomic E-state index is 5.59. The Balaban J connectivity index is 2.36. The van der Waals surface area contributed by atoms with Gasteiger partial charge in [0.25, 0.3) is 0 Å². The molecule has 0 unspecified atom stereocenters. The number of H-pyrrole nitrogens is 1. The topological polar surface area (TPSA) is 28.7 Å². The Kier molecular flexibility index (Phi) is 3.63. The molecule has 0 fully saturated rings. The van der Waals surface area contributed by atoms with Gasteiger partial charge < -0.3 is 0 Å². The van der Waals surface area contributed by atoms with Crippen LogP contribution < -0.4 is 0 Å². The Labute approximate surface area is 99.6 Å². The summed E-state index contributed by atoms with van der Waals surface area (Å²) >= 11 is 5.59. The van der Waals surface area contributed by atoms with E-state index in [1.807, 2.05) is 30.3 Å². The molecule has 0 saturated carbocycles. The van der Waals surface area contributed by atoms with Crippen molar-refractivity contribution in [2.24, 2.45) is 0 Å². The van der Waals surface area contributed by atoms with E-state index < -0.39 is 0 Å². The van der Waals surface area contributed by atoms with Crippen LogP contribution in [0.4, 0.5) is 0 Å². The number of nitrogens with zero attached hydrogens (tertiary/aromatic N) is 1. The van der Waals surface area contributed by atoms with Crippen molar-refractivity contribution < 1.29 is 0 Å². The second-order valence-electron chi connectivity index (χ2n) is 3.26. The fraction of sp³-hybridized carbons (Fsp3) is 0.154. The van der Waals surface area contributed by atoms with E-state index in [0.717, 1.165) is 16.8 Å². The number of benzene rings is 1. The predicted octanol–water partition coefficient (Wildman–Crippen LogP) is 3.06. The van der Waals surface area contributed by atoms with Crippen LogP contribution in [-0.4, -0.2) is 16.1 Å². The van der Waals surface area contributed by atoms with Crippen LogP contribution in [0.5, 0.6) is 0 Å². The van der Waals surface area contributed by atoms with Crippen LogP contribution in [-0.2, 0) is 0 Å². The standard InChI is InChI=1S/C13H11ClN2/c14-9-4-3-6-11-5-1-2-7-12(11)13-8-10-15-16-13/h1-2,5,7-8,10H,4,9H2,(H,15,16). The monoisotopic (exact) mass is 230 g/mol. The normalized spacial score (nSPS) is 9.56. The molecule has 80 valence electrons. The van der Waals surface area contributed by atoms with Gasteiger partial charge in [0, 0.05) is 29.6 Å². The zero-order valence-corrected chi connectivity index (χ0v) is 9.46. The van der Waals surface area contributed by atoms with Gasteiger partial charge in [-0.15, -0.1) is 11.6 Å². The van der Waals surface area contributed by atoms with Crippen molar-refractivity contribution in [3.8, 4) is 23.1 Å². The van der Waals surface area contributed by atoms with E-state index >= 15 is 0 Å². The van der Waals surface area contributed by atoms with Crippen LogP contribution in [0.15, 0.2) is 36.5 Å². The van der Waals surface area contributed by atoms with E-state index in [1.54, 1.807) is 6.20 Å². The maximum absolute atomic E-state index is 5.59. The Hall–Kier alpha value is -1.72. The van der Waals surface area contributed by atoms with Crippen LogP contribution in [0.1, 0.15) is 12.0 Å². The summed E-state index contributed by atoms with van der Waals surface area (Å²) in [5.41, 5.74) is 3.05. The highest BCUT2D eigenvalue weighted by Gasteiger charge is 2.02. The Bertz CT molecular complexity index is 506. The van der Waals surface area contributed by atoms with Gasteiger partial charge in [0.2, 0.25) is 0 Å². The van der Waals surface area contributed by atoms with Crippen LogP contribution in [0, 0.1) is 11.8 Å². The van der Waals surface area contributed by atoms with E-state index in [2.05, 4.69) is 22.0 Å². The lowest BCUT2D eigenvalue weighted by atomic mass is 10.1. The zero-order valence-electron chi connectivity index (χ0n) is 8.70. The van der Waals surface area contributed by atoms with Crippen LogP contribution in [0.25, 0.3) is 11.3 Å². The summed E-state index contributed by atoms with van der Waals surface area (Å²) in [4.78, 5) is 0. The van der Waals surface area contributed by atoms with Crippen molar-refractivity contribution in [1.29, 1.82) is 0 Å². The molecule has 2 aromatic rings. The molecule has 3 heteroatoms. The molecule has 0 radical (unpaired) electrons. The lowest BCUT2D eigenvalue weighted by molar-refractivity contribution is 1.09. The third-order valence-corrected chi connectivity index (χ3v) is 2.35. The van der Waals surface area contributed by atoms with E-state index in [4.69, 9.17) is 11.6 Å². The quantitative estimate of drug-likeness (QED) is 0.624.